The Hall–Kier alpha value is -1.65. The predicted octanol–water partition coefficient (Wildman–Crippen LogP) is 2.29. The van der Waals surface area contributed by atoms with Gasteiger partial charge in [0, 0.05) is 19.1 Å². The van der Waals surface area contributed by atoms with Crippen molar-refractivity contribution in [2.45, 2.75) is 12.6 Å². The molecule has 1 aliphatic heterocycles. The summed E-state index contributed by atoms with van der Waals surface area (Å²) in [4.78, 5) is 11.6. The third-order valence-corrected chi connectivity index (χ3v) is 3.99. The number of benzene rings is 1. The lowest BCUT2D eigenvalue weighted by Crippen LogP contribution is -2.32. The molecule has 0 aromatic heterocycles. The highest BCUT2D eigenvalue weighted by Crippen LogP contribution is 2.26. The van der Waals surface area contributed by atoms with Gasteiger partial charge in [-0.05, 0) is 24.8 Å². The minimum Gasteiger partial charge on any atom is -0.465 e. The summed E-state index contributed by atoms with van der Waals surface area (Å²) in [6.07, 6.45) is 1.71. The van der Waals surface area contributed by atoms with E-state index in [1.165, 1.54) is 19.3 Å². The van der Waals surface area contributed by atoms with Gasteiger partial charge >= 0.3 is 5.97 Å². The lowest BCUT2D eigenvalue weighted by Gasteiger charge is -2.25. The Morgan fingerprint density at radius 3 is 2.75 bits per heavy atom. The highest BCUT2D eigenvalue weighted by Gasteiger charge is 2.24. The molecule has 1 saturated heterocycles. The van der Waals surface area contributed by atoms with Crippen LogP contribution in [0.1, 0.15) is 10.4 Å². The molecule has 0 N–H and O–H groups in total. The quantitative estimate of drug-likeness (QED) is 0.367. The minimum absolute atomic E-state index is 0.147. The second kappa shape index (κ2) is 7.22. The highest BCUT2D eigenvalue weighted by molar-refractivity contribution is 7.92. The zero-order valence-electron chi connectivity index (χ0n) is 11.2. The zero-order chi connectivity index (χ0) is 14.4. The van der Waals surface area contributed by atoms with Gasteiger partial charge in [0.25, 0.3) is 6.71 Å². The molecule has 1 fully saturated rings. The van der Waals surface area contributed by atoms with E-state index < -0.39 is 5.97 Å². The largest absolute Gasteiger partial charge is 0.465 e. The van der Waals surface area contributed by atoms with E-state index in [4.69, 9.17) is 14.2 Å². The van der Waals surface area contributed by atoms with Crippen LogP contribution in [-0.2, 0) is 4.74 Å². The molecule has 5 nitrogen and oxygen atoms in total. The van der Waals surface area contributed by atoms with Gasteiger partial charge in [-0.2, -0.15) is 0 Å². The second-order valence-electron chi connectivity index (χ2n) is 4.48. The van der Waals surface area contributed by atoms with Crippen molar-refractivity contribution >= 4 is 24.9 Å². The number of hydrogen-bond acceptors (Lipinski definition) is 6. The number of rotatable bonds is 4. The number of ether oxygens (including phenoxy) is 1. The maximum absolute atomic E-state index is 11.6. The lowest BCUT2D eigenvalue weighted by molar-refractivity contribution is 0.0599. The van der Waals surface area contributed by atoms with E-state index >= 15 is 0 Å². The van der Waals surface area contributed by atoms with Crippen molar-refractivity contribution in [1.29, 1.82) is 5.26 Å². The molecule has 20 heavy (non-hydrogen) atoms. The minimum atomic E-state index is -0.413. The Morgan fingerprint density at radius 1 is 1.40 bits per heavy atom. The number of carbonyl (C=O) groups excluding carboxylic acids is 1. The monoisotopic (exact) mass is 290 g/mol. The van der Waals surface area contributed by atoms with Gasteiger partial charge in [-0.15, -0.1) is 0 Å². The van der Waals surface area contributed by atoms with Gasteiger partial charge < -0.3 is 8.92 Å². The zero-order valence-corrected chi connectivity index (χ0v) is 12.1. The summed E-state index contributed by atoms with van der Waals surface area (Å²) in [6, 6.07) is 6.98. The first-order valence-electron chi connectivity index (χ1n) is 6.41. The maximum Gasteiger partial charge on any atom is 0.341 e. The second-order valence-corrected chi connectivity index (χ2v) is 5.31. The molecular formula is C13H15BN2O3S. The van der Waals surface area contributed by atoms with Crippen molar-refractivity contribution in [1.82, 2.24) is 4.31 Å². The number of para-hydroxylation sites is 1. The molecule has 0 radical (unpaired) electrons. The first-order valence-corrected chi connectivity index (χ1v) is 7.11. The molecule has 0 spiro atoms. The SMILES string of the molecule is COC(=O)c1ccccc1OSN1CCB(C#N)CC1. The standard InChI is InChI=1S/C13H15BN2O3S/c1-18-13(17)11-4-2-3-5-12(11)19-20-16-8-6-14(10-15)7-9-16/h2-5H,6-9H2,1H3. The Kier molecular flexibility index (Phi) is 5.33. The van der Waals surface area contributed by atoms with Gasteiger partial charge in [0.15, 0.2) is 5.75 Å². The molecule has 104 valence electrons. The van der Waals surface area contributed by atoms with Crippen molar-refractivity contribution < 1.29 is 13.7 Å². The molecule has 2 rings (SSSR count). The molecule has 1 aliphatic rings. The number of hydrogen-bond donors (Lipinski definition) is 0. The van der Waals surface area contributed by atoms with Crippen molar-refractivity contribution in [2.75, 3.05) is 20.2 Å². The van der Waals surface area contributed by atoms with Crippen LogP contribution in [0.5, 0.6) is 5.75 Å². The van der Waals surface area contributed by atoms with Gasteiger partial charge in [-0.25, -0.2) is 14.4 Å². The van der Waals surface area contributed by atoms with E-state index in [9.17, 15) is 4.79 Å². The fraction of sp³-hybridized carbons (Fsp3) is 0.385. The Morgan fingerprint density at radius 2 is 2.10 bits per heavy atom. The molecule has 0 aliphatic carbocycles. The first-order chi connectivity index (χ1) is 9.74. The molecule has 1 aromatic rings. The third kappa shape index (κ3) is 3.68. The summed E-state index contributed by atoms with van der Waals surface area (Å²) in [5, 5.41) is 8.85. The van der Waals surface area contributed by atoms with E-state index in [1.54, 1.807) is 18.2 Å². The average molecular weight is 290 g/mol. The van der Waals surface area contributed by atoms with Crippen LogP contribution in [0.15, 0.2) is 24.3 Å². The molecule has 0 bridgehead atoms. The number of nitrogens with zero attached hydrogens (tertiary/aromatic N) is 2. The van der Waals surface area contributed by atoms with Crippen LogP contribution in [0.3, 0.4) is 0 Å². The number of carbonyl (C=O) groups is 1. The number of esters is 1. The van der Waals surface area contributed by atoms with E-state index in [1.807, 2.05) is 6.07 Å². The Labute approximate surface area is 123 Å². The van der Waals surface area contributed by atoms with Gasteiger partial charge in [-0.1, -0.05) is 12.1 Å². The topological polar surface area (TPSA) is 62.6 Å². The van der Waals surface area contributed by atoms with Gasteiger partial charge in [0.2, 0.25) is 0 Å². The summed E-state index contributed by atoms with van der Waals surface area (Å²) in [5.74, 6) is 2.37. The van der Waals surface area contributed by atoms with E-state index in [2.05, 4.69) is 10.3 Å². The van der Waals surface area contributed by atoms with Crippen LogP contribution >= 0.6 is 12.2 Å². The smallest absolute Gasteiger partial charge is 0.341 e. The molecule has 0 atom stereocenters. The fourth-order valence-corrected chi connectivity index (χ4v) is 2.66. The van der Waals surface area contributed by atoms with E-state index in [-0.39, 0.29) is 6.71 Å². The normalized spacial score (nSPS) is 15.5. The molecular weight excluding hydrogens is 275 g/mol. The molecule has 0 unspecified atom stereocenters. The summed E-state index contributed by atoms with van der Waals surface area (Å²) < 4.78 is 12.4. The van der Waals surface area contributed by atoms with Gasteiger partial charge in [0.1, 0.15) is 17.8 Å². The summed E-state index contributed by atoms with van der Waals surface area (Å²) in [6.45, 7) is 1.77. The molecule has 7 heteroatoms. The van der Waals surface area contributed by atoms with Crippen LogP contribution in [0.25, 0.3) is 0 Å². The van der Waals surface area contributed by atoms with Crippen LogP contribution in [0.2, 0.25) is 12.6 Å². The highest BCUT2D eigenvalue weighted by atomic mass is 32.2. The van der Waals surface area contributed by atoms with Gasteiger partial charge in [0.05, 0.1) is 7.11 Å². The Bertz CT molecular complexity index is 513. The van der Waals surface area contributed by atoms with Crippen molar-refractivity contribution in [3.05, 3.63) is 29.8 Å². The van der Waals surface area contributed by atoms with Crippen LogP contribution < -0.4 is 4.18 Å². The van der Waals surface area contributed by atoms with E-state index in [0.717, 1.165) is 25.7 Å². The molecule has 0 amide bonds. The summed E-state index contributed by atoms with van der Waals surface area (Å²) >= 11 is 1.22. The Balaban J connectivity index is 1.92. The number of methoxy groups -OCH3 is 1. The third-order valence-electron chi connectivity index (χ3n) is 3.16. The fourth-order valence-electron chi connectivity index (χ4n) is 1.97. The van der Waals surface area contributed by atoms with Crippen molar-refractivity contribution in [3.63, 3.8) is 0 Å². The van der Waals surface area contributed by atoms with Crippen LogP contribution in [0.4, 0.5) is 0 Å². The summed E-state index contributed by atoms with van der Waals surface area (Å²) in [5.41, 5.74) is 0.411. The maximum atomic E-state index is 11.6. The lowest BCUT2D eigenvalue weighted by atomic mass is 9.45. The predicted molar refractivity (Wildman–Crippen MR) is 78.6 cm³/mol. The molecule has 1 aromatic carbocycles. The average Bonchev–Trinajstić information content (AvgIpc) is 2.53. The first kappa shape index (κ1) is 14.8. The molecule has 0 saturated carbocycles. The summed E-state index contributed by atoms with van der Waals surface area (Å²) in [7, 11) is 1.35. The van der Waals surface area contributed by atoms with E-state index in [0.29, 0.717) is 11.3 Å². The van der Waals surface area contributed by atoms with Crippen molar-refractivity contribution in [2.24, 2.45) is 0 Å². The molecule has 1 heterocycles. The van der Waals surface area contributed by atoms with Crippen molar-refractivity contribution in [3.8, 4) is 11.7 Å². The van der Waals surface area contributed by atoms with Gasteiger partial charge in [-0.3, -0.25) is 0 Å². The van der Waals surface area contributed by atoms with Crippen LogP contribution in [-0.4, -0.2) is 37.2 Å². The number of nitriles is 1. The van der Waals surface area contributed by atoms with Crippen LogP contribution in [0, 0.1) is 11.2 Å².